The van der Waals surface area contributed by atoms with Crippen LogP contribution in [0.1, 0.15) is 37.7 Å². The van der Waals surface area contributed by atoms with Gasteiger partial charge in [0.15, 0.2) is 5.79 Å². The molecule has 1 aliphatic carbocycles. The second kappa shape index (κ2) is 9.10. The van der Waals surface area contributed by atoms with Crippen molar-refractivity contribution in [1.29, 1.82) is 0 Å². The van der Waals surface area contributed by atoms with E-state index in [9.17, 15) is 4.79 Å². The highest BCUT2D eigenvalue weighted by Gasteiger charge is 2.50. The summed E-state index contributed by atoms with van der Waals surface area (Å²) in [7, 11) is 3.40. The quantitative estimate of drug-likeness (QED) is 0.721. The van der Waals surface area contributed by atoms with Gasteiger partial charge in [-0.05, 0) is 56.5 Å². The largest absolute Gasteiger partial charge is 0.352 e. The number of hydrogen-bond acceptors (Lipinski definition) is 4. The fraction of sp³-hybridized carbons (Fsp3) is 0.650. The summed E-state index contributed by atoms with van der Waals surface area (Å²) in [4.78, 5) is 15.2. The molecule has 0 radical (unpaired) electrons. The van der Waals surface area contributed by atoms with Gasteiger partial charge in [0, 0.05) is 26.7 Å². The zero-order valence-corrected chi connectivity index (χ0v) is 17.5. The molecule has 5 nitrogen and oxygen atoms in total. The van der Waals surface area contributed by atoms with Gasteiger partial charge in [0.25, 0.3) is 0 Å². The van der Waals surface area contributed by atoms with Crippen molar-refractivity contribution >= 4 is 29.1 Å². The number of amides is 1. The van der Waals surface area contributed by atoms with Crippen molar-refractivity contribution in [1.82, 2.24) is 10.2 Å². The number of hydrogen-bond donors (Lipinski definition) is 1. The van der Waals surface area contributed by atoms with Gasteiger partial charge in [0.1, 0.15) is 0 Å². The molecular weight excluding hydrogens is 387 g/mol. The lowest BCUT2D eigenvalue weighted by atomic mass is 9.83. The van der Waals surface area contributed by atoms with Gasteiger partial charge in [-0.25, -0.2) is 0 Å². The molecule has 1 saturated carbocycles. The molecule has 2 unspecified atom stereocenters. The number of nitrogens with zero attached hydrogens (tertiary/aromatic N) is 1. The molecule has 1 aromatic rings. The Labute approximate surface area is 171 Å². The fourth-order valence-electron chi connectivity index (χ4n) is 4.51. The highest BCUT2D eigenvalue weighted by molar-refractivity contribution is 6.42. The minimum atomic E-state index is -0.676. The first-order chi connectivity index (χ1) is 13.0. The predicted octanol–water partition coefficient (Wildman–Crippen LogP) is 3.66. The third-order valence-electron chi connectivity index (χ3n) is 5.79. The molecule has 2 atom stereocenters. The summed E-state index contributed by atoms with van der Waals surface area (Å²) in [6.07, 6.45) is 5.31. The fourth-order valence-corrected chi connectivity index (χ4v) is 4.83. The SMILES string of the molecule is COC1(OC)CCCC(NC(=O)Cc2ccc(Cl)c(Cl)c2)C1N1CCCC1. The van der Waals surface area contributed by atoms with E-state index in [0.717, 1.165) is 37.9 Å². The average molecular weight is 415 g/mol. The molecule has 3 rings (SSSR count). The molecule has 1 amide bonds. The Bertz CT molecular complexity index is 661. The highest BCUT2D eigenvalue weighted by atomic mass is 35.5. The molecule has 1 saturated heterocycles. The van der Waals surface area contributed by atoms with Crippen molar-refractivity contribution in [3.8, 4) is 0 Å². The van der Waals surface area contributed by atoms with Crippen LogP contribution in [0, 0.1) is 0 Å². The molecular formula is C20H28Cl2N2O3. The molecule has 0 bridgehead atoms. The topological polar surface area (TPSA) is 50.8 Å². The number of rotatable bonds is 6. The lowest BCUT2D eigenvalue weighted by Gasteiger charge is -2.49. The lowest BCUT2D eigenvalue weighted by Crippen LogP contribution is -2.66. The maximum atomic E-state index is 12.7. The molecule has 2 fully saturated rings. The van der Waals surface area contributed by atoms with E-state index in [0.29, 0.717) is 10.0 Å². The van der Waals surface area contributed by atoms with Gasteiger partial charge < -0.3 is 14.8 Å². The summed E-state index contributed by atoms with van der Waals surface area (Å²) >= 11 is 12.0. The minimum Gasteiger partial charge on any atom is -0.352 e. The zero-order valence-electron chi connectivity index (χ0n) is 16.0. The van der Waals surface area contributed by atoms with Gasteiger partial charge in [-0.15, -0.1) is 0 Å². The number of methoxy groups -OCH3 is 2. The highest BCUT2D eigenvalue weighted by Crippen LogP contribution is 2.37. The Balaban J connectivity index is 1.74. The number of benzene rings is 1. The lowest BCUT2D eigenvalue weighted by molar-refractivity contribution is -0.260. The summed E-state index contributed by atoms with van der Waals surface area (Å²) in [5, 5.41) is 4.19. The molecule has 1 N–H and O–H groups in total. The van der Waals surface area contributed by atoms with Crippen molar-refractivity contribution < 1.29 is 14.3 Å². The molecule has 1 heterocycles. The van der Waals surface area contributed by atoms with Crippen LogP contribution in [0.4, 0.5) is 0 Å². The number of nitrogens with one attached hydrogen (secondary N) is 1. The van der Waals surface area contributed by atoms with E-state index in [2.05, 4.69) is 10.2 Å². The molecule has 27 heavy (non-hydrogen) atoms. The van der Waals surface area contributed by atoms with E-state index in [1.807, 2.05) is 6.07 Å². The predicted molar refractivity (Wildman–Crippen MR) is 107 cm³/mol. The van der Waals surface area contributed by atoms with Crippen LogP contribution in [0.15, 0.2) is 18.2 Å². The van der Waals surface area contributed by atoms with Crippen LogP contribution in [-0.4, -0.2) is 56.0 Å². The third-order valence-corrected chi connectivity index (χ3v) is 6.53. The van der Waals surface area contributed by atoms with E-state index in [1.54, 1.807) is 26.4 Å². The number of carbonyl (C=O) groups excluding carboxylic acids is 1. The maximum Gasteiger partial charge on any atom is 0.224 e. The van der Waals surface area contributed by atoms with Crippen molar-refractivity contribution in [2.75, 3.05) is 27.3 Å². The van der Waals surface area contributed by atoms with Crippen LogP contribution < -0.4 is 5.32 Å². The van der Waals surface area contributed by atoms with Crippen LogP contribution in [0.5, 0.6) is 0 Å². The molecule has 2 aliphatic rings. The van der Waals surface area contributed by atoms with Crippen LogP contribution in [0.3, 0.4) is 0 Å². The Morgan fingerprint density at radius 1 is 1.19 bits per heavy atom. The molecule has 0 spiro atoms. The smallest absolute Gasteiger partial charge is 0.224 e. The van der Waals surface area contributed by atoms with Crippen LogP contribution >= 0.6 is 23.2 Å². The summed E-state index contributed by atoms with van der Waals surface area (Å²) in [5.41, 5.74) is 0.847. The third kappa shape index (κ3) is 4.60. The van der Waals surface area contributed by atoms with Gasteiger partial charge >= 0.3 is 0 Å². The van der Waals surface area contributed by atoms with Crippen LogP contribution in [0.25, 0.3) is 0 Å². The van der Waals surface area contributed by atoms with E-state index in [1.165, 1.54) is 12.8 Å². The van der Waals surface area contributed by atoms with Gasteiger partial charge in [-0.3, -0.25) is 9.69 Å². The Hall–Kier alpha value is -0.850. The summed E-state index contributed by atoms with van der Waals surface area (Å²) < 4.78 is 11.7. The second-order valence-electron chi connectivity index (χ2n) is 7.40. The van der Waals surface area contributed by atoms with Gasteiger partial charge in [-0.1, -0.05) is 29.3 Å². The van der Waals surface area contributed by atoms with E-state index in [4.69, 9.17) is 32.7 Å². The van der Waals surface area contributed by atoms with E-state index >= 15 is 0 Å². The van der Waals surface area contributed by atoms with Crippen molar-refractivity contribution in [3.05, 3.63) is 33.8 Å². The molecule has 1 aromatic carbocycles. The van der Waals surface area contributed by atoms with Crippen molar-refractivity contribution in [2.45, 2.75) is 56.4 Å². The van der Waals surface area contributed by atoms with Crippen LogP contribution in [0.2, 0.25) is 10.0 Å². The minimum absolute atomic E-state index is 0.00739. The van der Waals surface area contributed by atoms with Gasteiger partial charge in [0.05, 0.1) is 22.5 Å². The number of carbonyl (C=O) groups is 1. The van der Waals surface area contributed by atoms with E-state index in [-0.39, 0.29) is 24.4 Å². The van der Waals surface area contributed by atoms with Crippen molar-refractivity contribution in [2.24, 2.45) is 0 Å². The van der Waals surface area contributed by atoms with E-state index < -0.39 is 5.79 Å². The number of likely N-dealkylation sites (tertiary alicyclic amines) is 1. The Morgan fingerprint density at radius 3 is 2.52 bits per heavy atom. The van der Waals surface area contributed by atoms with Crippen molar-refractivity contribution in [3.63, 3.8) is 0 Å². The first-order valence-corrected chi connectivity index (χ1v) is 10.3. The molecule has 0 aromatic heterocycles. The number of ether oxygens (including phenoxy) is 2. The molecule has 7 heteroatoms. The first kappa shape index (κ1) is 20.9. The van der Waals surface area contributed by atoms with Gasteiger partial charge in [-0.2, -0.15) is 0 Å². The maximum absolute atomic E-state index is 12.7. The number of halogens is 2. The van der Waals surface area contributed by atoms with Crippen LogP contribution in [-0.2, 0) is 20.7 Å². The second-order valence-corrected chi connectivity index (χ2v) is 8.21. The molecule has 150 valence electrons. The monoisotopic (exact) mass is 414 g/mol. The zero-order chi connectivity index (χ0) is 19.4. The first-order valence-electron chi connectivity index (χ1n) is 9.57. The summed E-state index contributed by atoms with van der Waals surface area (Å²) in [6.45, 7) is 2.02. The summed E-state index contributed by atoms with van der Waals surface area (Å²) in [5.74, 6) is -0.699. The van der Waals surface area contributed by atoms with Gasteiger partial charge in [0.2, 0.25) is 5.91 Å². The summed E-state index contributed by atoms with van der Waals surface area (Å²) in [6, 6.07) is 5.31. The normalized spacial score (nSPS) is 25.5. The molecule has 1 aliphatic heterocycles. The average Bonchev–Trinajstić information content (AvgIpc) is 3.18. The Kier molecular flexibility index (Phi) is 7.03. The Morgan fingerprint density at radius 2 is 1.89 bits per heavy atom. The standard InChI is InChI=1S/C20H28Cl2N2O3/c1-26-20(27-2)9-5-6-17(19(20)24-10-3-4-11-24)23-18(25)13-14-7-8-15(21)16(22)12-14/h7-8,12,17,19H,3-6,9-11,13H2,1-2H3,(H,23,25).